The topological polar surface area (TPSA) is 93.7 Å². The standard InChI is InChI=1S/C45H46N2O5S/c1-44(2,3)52-41(48)28-27-40(47-43(50)51-31-39-37-25-15-13-23-35(37)36-24-14-16-26-38(36)39)42(49)46-29-30-53-45(32-17-7-4-8-18-32,33-19-9-5-10-20-33)34-21-11-6-12-22-34/h4-26,39-40H,27-31H2,1-3H3,(H,46,49)(H,47,50)/t40-/m0/s1. The third kappa shape index (κ3) is 9.00. The lowest BCUT2D eigenvalue weighted by Gasteiger charge is -2.35. The number of carbonyl (C=O) groups is 3. The van der Waals surface area contributed by atoms with E-state index in [1.165, 1.54) is 0 Å². The van der Waals surface area contributed by atoms with Crippen LogP contribution < -0.4 is 10.6 Å². The van der Waals surface area contributed by atoms with E-state index in [4.69, 9.17) is 9.47 Å². The van der Waals surface area contributed by atoms with Crippen LogP contribution in [0.5, 0.6) is 0 Å². The minimum Gasteiger partial charge on any atom is -0.460 e. The fourth-order valence-corrected chi connectivity index (χ4v) is 8.39. The Hall–Kier alpha value is -5.34. The first-order valence-corrected chi connectivity index (χ1v) is 19.1. The van der Waals surface area contributed by atoms with Gasteiger partial charge in [-0.2, -0.15) is 0 Å². The molecule has 0 saturated carbocycles. The third-order valence-corrected chi connectivity index (χ3v) is 10.8. The molecule has 0 radical (unpaired) electrons. The molecule has 0 saturated heterocycles. The Morgan fingerprint density at radius 3 is 1.64 bits per heavy atom. The van der Waals surface area contributed by atoms with E-state index in [9.17, 15) is 14.4 Å². The monoisotopic (exact) mass is 726 g/mol. The molecule has 5 aromatic carbocycles. The van der Waals surface area contributed by atoms with E-state index in [1.54, 1.807) is 32.5 Å². The summed E-state index contributed by atoms with van der Waals surface area (Å²) in [6.45, 7) is 5.82. The molecule has 2 amide bonds. The van der Waals surface area contributed by atoms with Crippen molar-refractivity contribution < 1.29 is 23.9 Å². The van der Waals surface area contributed by atoms with E-state index in [-0.39, 0.29) is 25.4 Å². The van der Waals surface area contributed by atoms with E-state index in [2.05, 4.69) is 71.3 Å². The number of fused-ring (bicyclic) bond motifs is 3. The van der Waals surface area contributed by atoms with E-state index >= 15 is 0 Å². The van der Waals surface area contributed by atoms with Crippen molar-refractivity contribution >= 4 is 29.7 Å². The number of alkyl carbamates (subject to hydrolysis) is 1. The summed E-state index contributed by atoms with van der Waals surface area (Å²) in [6, 6.07) is 46.3. The van der Waals surface area contributed by atoms with Gasteiger partial charge in [0, 0.05) is 24.6 Å². The highest BCUT2D eigenvalue weighted by molar-refractivity contribution is 8.00. The number of benzene rings is 5. The Kier molecular flexibility index (Phi) is 12.0. The molecular weight excluding hydrogens is 681 g/mol. The molecule has 1 atom stereocenters. The maximum atomic E-state index is 13.8. The minimum absolute atomic E-state index is 0.0487. The van der Waals surface area contributed by atoms with Crippen molar-refractivity contribution in [3.8, 4) is 11.1 Å². The van der Waals surface area contributed by atoms with Crippen molar-refractivity contribution in [2.24, 2.45) is 0 Å². The van der Waals surface area contributed by atoms with E-state index in [0.29, 0.717) is 12.3 Å². The molecule has 5 aromatic rings. The molecule has 8 heteroatoms. The van der Waals surface area contributed by atoms with E-state index in [0.717, 1.165) is 38.9 Å². The number of hydrogen-bond acceptors (Lipinski definition) is 6. The van der Waals surface area contributed by atoms with Crippen molar-refractivity contribution in [1.82, 2.24) is 10.6 Å². The minimum atomic E-state index is -1.01. The van der Waals surface area contributed by atoms with Gasteiger partial charge in [-0.15, -0.1) is 11.8 Å². The fraction of sp³-hybridized carbons (Fsp3) is 0.267. The van der Waals surface area contributed by atoms with Gasteiger partial charge in [-0.25, -0.2) is 4.79 Å². The SMILES string of the molecule is CC(C)(C)OC(=O)CC[C@H](NC(=O)OCC1c2ccccc2-c2ccccc21)C(=O)NCCSC(c1ccccc1)(c1ccccc1)c1ccccc1. The molecule has 6 rings (SSSR count). The Morgan fingerprint density at radius 1 is 0.679 bits per heavy atom. The molecule has 0 aliphatic heterocycles. The van der Waals surface area contributed by atoms with Gasteiger partial charge in [-0.05, 0) is 66.1 Å². The number of hydrogen-bond donors (Lipinski definition) is 2. The Bertz CT molecular complexity index is 1850. The van der Waals surface area contributed by atoms with Crippen LogP contribution in [0.15, 0.2) is 140 Å². The maximum Gasteiger partial charge on any atom is 0.407 e. The van der Waals surface area contributed by atoms with Crippen molar-refractivity contribution in [2.45, 2.75) is 55.9 Å². The second kappa shape index (κ2) is 17.0. The number of thioether (sulfide) groups is 1. The van der Waals surface area contributed by atoms with Crippen LogP contribution >= 0.6 is 11.8 Å². The summed E-state index contributed by atoms with van der Waals surface area (Å²) in [5.41, 5.74) is 7.14. The molecule has 1 aliphatic rings. The van der Waals surface area contributed by atoms with Crippen molar-refractivity contribution in [3.63, 3.8) is 0 Å². The summed E-state index contributed by atoms with van der Waals surface area (Å²) in [7, 11) is 0. The molecule has 272 valence electrons. The molecule has 0 aromatic heterocycles. The molecule has 0 bridgehead atoms. The summed E-state index contributed by atoms with van der Waals surface area (Å²) < 4.78 is 10.7. The van der Waals surface area contributed by atoms with Gasteiger partial charge in [-0.3, -0.25) is 9.59 Å². The molecule has 0 fully saturated rings. The Labute approximate surface area is 316 Å². The fourth-order valence-electron chi connectivity index (χ4n) is 6.98. The second-order valence-corrected chi connectivity index (χ2v) is 15.4. The lowest BCUT2D eigenvalue weighted by atomic mass is 9.84. The number of ether oxygens (including phenoxy) is 2. The zero-order valence-corrected chi connectivity index (χ0v) is 31.2. The van der Waals surface area contributed by atoms with Crippen LogP contribution in [0.4, 0.5) is 4.79 Å². The van der Waals surface area contributed by atoms with Gasteiger partial charge in [0.15, 0.2) is 0 Å². The number of nitrogens with one attached hydrogen (secondary N) is 2. The predicted molar refractivity (Wildman–Crippen MR) is 212 cm³/mol. The number of esters is 1. The molecule has 0 heterocycles. The first kappa shape index (κ1) is 37.4. The van der Waals surface area contributed by atoms with Crippen LogP contribution in [0.3, 0.4) is 0 Å². The average Bonchev–Trinajstić information content (AvgIpc) is 3.49. The summed E-state index contributed by atoms with van der Waals surface area (Å²) in [5, 5.41) is 5.78. The van der Waals surface area contributed by atoms with Gasteiger partial charge >= 0.3 is 12.1 Å². The molecule has 7 nitrogen and oxygen atoms in total. The lowest BCUT2D eigenvalue weighted by molar-refractivity contribution is -0.155. The van der Waals surface area contributed by atoms with Gasteiger partial charge < -0.3 is 20.1 Å². The van der Waals surface area contributed by atoms with Crippen LogP contribution in [-0.2, 0) is 23.8 Å². The smallest absolute Gasteiger partial charge is 0.407 e. The summed E-state index contributed by atoms with van der Waals surface area (Å²) >= 11 is 1.73. The number of amides is 2. The van der Waals surface area contributed by atoms with Crippen molar-refractivity contribution in [3.05, 3.63) is 167 Å². The first-order chi connectivity index (χ1) is 25.7. The summed E-state index contributed by atoms with van der Waals surface area (Å²) in [4.78, 5) is 39.7. The second-order valence-electron chi connectivity index (χ2n) is 14.1. The average molecular weight is 727 g/mol. The maximum absolute atomic E-state index is 13.8. The Morgan fingerprint density at radius 2 is 1.15 bits per heavy atom. The van der Waals surface area contributed by atoms with Gasteiger partial charge in [0.05, 0.1) is 4.75 Å². The van der Waals surface area contributed by atoms with Crippen molar-refractivity contribution in [2.75, 3.05) is 18.9 Å². The van der Waals surface area contributed by atoms with Gasteiger partial charge in [0.2, 0.25) is 5.91 Å². The van der Waals surface area contributed by atoms with Gasteiger partial charge in [0.25, 0.3) is 0 Å². The van der Waals surface area contributed by atoms with Crippen LogP contribution in [0.1, 0.15) is 67.3 Å². The highest BCUT2D eigenvalue weighted by Crippen LogP contribution is 2.48. The molecule has 2 N–H and O–H groups in total. The van der Waals surface area contributed by atoms with Gasteiger partial charge in [0.1, 0.15) is 18.2 Å². The molecule has 0 unspecified atom stereocenters. The van der Waals surface area contributed by atoms with Crippen LogP contribution in [0.25, 0.3) is 11.1 Å². The predicted octanol–water partition coefficient (Wildman–Crippen LogP) is 8.86. The van der Waals surface area contributed by atoms with Gasteiger partial charge in [-0.1, -0.05) is 140 Å². The molecular formula is C45H46N2O5S. The summed E-state index contributed by atoms with van der Waals surface area (Å²) in [5.74, 6) is -0.405. The van der Waals surface area contributed by atoms with Crippen LogP contribution in [0.2, 0.25) is 0 Å². The zero-order chi connectivity index (χ0) is 37.3. The Balaban J connectivity index is 1.15. The van der Waals surface area contributed by atoms with Crippen LogP contribution in [0, 0.1) is 0 Å². The van der Waals surface area contributed by atoms with Crippen LogP contribution in [-0.4, -0.2) is 48.5 Å². The molecule has 53 heavy (non-hydrogen) atoms. The largest absolute Gasteiger partial charge is 0.460 e. The quantitative estimate of drug-likeness (QED) is 0.0675. The lowest BCUT2D eigenvalue weighted by Crippen LogP contribution is -2.48. The highest BCUT2D eigenvalue weighted by atomic mass is 32.2. The van der Waals surface area contributed by atoms with Crippen molar-refractivity contribution in [1.29, 1.82) is 0 Å². The van der Waals surface area contributed by atoms with E-state index < -0.39 is 34.4 Å². The summed E-state index contributed by atoms with van der Waals surface area (Å²) in [6.07, 6.45) is -0.714. The van der Waals surface area contributed by atoms with E-state index in [1.807, 2.05) is 78.9 Å². The third-order valence-electron chi connectivity index (χ3n) is 9.27. The molecule has 0 spiro atoms. The zero-order valence-electron chi connectivity index (χ0n) is 30.4. The first-order valence-electron chi connectivity index (χ1n) is 18.1. The number of carbonyl (C=O) groups excluding carboxylic acids is 3. The highest BCUT2D eigenvalue weighted by Gasteiger charge is 2.37. The molecule has 1 aliphatic carbocycles. The normalized spacial score (nSPS) is 13.0. The number of rotatable bonds is 14.